The maximum atomic E-state index is 9.17. The number of hydrogen-bond donors (Lipinski definition) is 1. The number of hydrogen-bond acceptors (Lipinski definition) is 2. The van der Waals surface area contributed by atoms with Crippen LogP contribution in [0.4, 0.5) is 0 Å². The molecule has 0 radical (unpaired) electrons. The lowest BCUT2D eigenvalue weighted by molar-refractivity contribution is 0.475. The molecule has 1 N–H and O–H groups in total. The average Bonchev–Trinajstić information content (AvgIpc) is 2.14. The normalized spacial score (nSPS) is 12.3. The maximum Gasteiger partial charge on any atom is 0.116 e. The van der Waals surface area contributed by atoms with Crippen molar-refractivity contribution in [3.8, 4) is 5.75 Å². The lowest BCUT2D eigenvalue weighted by Gasteiger charge is -1.94. The summed E-state index contributed by atoms with van der Waals surface area (Å²) in [7, 11) is 1.75. The zero-order valence-corrected chi connectivity index (χ0v) is 7.86. The van der Waals surface area contributed by atoms with Gasteiger partial charge in [-0.05, 0) is 30.7 Å². The molecule has 68 valence electrons. The van der Waals surface area contributed by atoms with Crippen molar-refractivity contribution >= 4 is 11.8 Å². The molecule has 0 unspecified atom stereocenters. The van der Waals surface area contributed by atoms with Gasteiger partial charge in [0, 0.05) is 12.8 Å². The van der Waals surface area contributed by atoms with Gasteiger partial charge in [-0.1, -0.05) is 18.2 Å². The highest BCUT2D eigenvalue weighted by atomic mass is 16.3. The van der Waals surface area contributed by atoms with Crippen LogP contribution in [0.5, 0.6) is 5.75 Å². The SMILES string of the molecule is CN=C(C)/C=C\c1cccc(O)c1. The molecule has 0 atom stereocenters. The van der Waals surface area contributed by atoms with Crippen LogP contribution < -0.4 is 0 Å². The zero-order chi connectivity index (χ0) is 9.68. The van der Waals surface area contributed by atoms with Crippen LogP contribution in [0.3, 0.4) is 0 Å². The fourth-order valence-electron chi connectivity index (χ4n) is 0.920. The molecule has 0 bridgehead atoms. The van der Waals surface area contributed by atoms with Gasteiger partial charge in [0.15, 0.2) is 0 Å². The molecule has 0 heterocycles. The van der Waals surface area contributed by atoms with Crippen LogP contribution in [0.1, 0.15) is 12.5 Å². The number of nitrogens with zero attached hydrogens (tertiary/aromatic N) is 1. The van der Waals surface area contributed by atoms with Crippen LogP contribution in [-0.4, -0.2) is 17.9 Å². The van der Waals surface area contributed by atoms with E-state index in [1.54, 1.807) is 19.2 Å². The lowest BCUT2D eigenvalue weighted by atomic mass is 10.2. The van der Waals surface area contributed by atoms with Gasteiger partial charge < -0.3 is 5.11 Å². The van der Waals surface area contributed by atoms with E-state index in [1.807, 2.05) is 31.2 Å². The van der Waals surface area contributed by atoms with Gasteiger partial charge in [-0.2, -0.15) is 0 Å². The van der Waals surface area contributed by atoms with E-state index in [0.717, 1.165) is 11.3 Å². The third kappa shape index (κ3) is 3.11. The van der Waals surface area contributed by atoms with E-state index < -0.39 is 0 Å². The Balaban J connectivity index is 2.80. The summed E-state index contributed by atoms with van der Waals surface area (Å²) in [4.78, 5) is 3.99. The van der Waals surface area contributed by atoms with E-state index in [2.05, 4.69) is 4.99 Å². The molecule has 0 saturated heterocycles. The highest BCUT2D eigenvalue weighted by molar-refractivity contribution is 5.96. The van der Waals surface area contributed by atoms with Crippen LogP contribution >= 0.6 is 0 Å². The second-order valence-corrected chi connectivity index (χ2v) is 2.79. The van der Waals surface area contributed by atoms with Crippen molar-refractivity contribution in [2.75, 3.05) is 7.05 Å². The molecule has 0 aliphatic rings. The summed E-state index contributed by atoms with van der Waals surface area (Å²) in [6, 6.07) is 7.10. The molecule has 1 rings (SSSR count). The number of allylic oxidation sites excluding steroid dienone is 1. The molecule has 0 aliphatic heterocycles. The first kappa shape index (κ1) is 9.52. The summed E-state index contributed by atoms with van der Waals surface area (Å²) >= 11 is 0. The van der Waals surface area contributed by atoms with Crippen molar-refractivity contribution in [2.45, 2.75) is 6.92 Å². The molecule has 0 spiro atoms. The van der Waals surface area contributed by atoms with Gasteiger partial charge in [-0.25, -0.2) is 0 Å². The molecule has 1 aromatic rings. The molecule has 0 aliphatic carbocycles. The van der Waals surface area contributed by atoms with Gasteiger partial charge in [0.1, 0.15) is 5.75 Å². The predicted molar refractivity (Wildman–Crippen MR) is 56.2 cm³/mol. The highest BCUT2D eigenvalue weighted by Crippen LogP contribution is 2.11. The molecule has 0 aromatic heterocycles. The topological polar surface area (TPSA) is 32.6 Å². The van der Waals surface area contributed by atoms with E-state index in [0.29, 0.717) is 0 Å². The van der Waals surface area contributed by atoms with E-state index in [1.165, 1.54) is 0 Å². The Labute approximate surface area is 78.3 Å². The highest BCUT2D eigenvalue weighted by Gasteiger charge is 1.88. The number of benzene rings is 1. The maximum absolute atomic E-state index is 9.17. The van der Waals surface area contributed by atoms with Crippen LogP contribution in [0, 0.1) is 0 Å². The van der Waals surface area contributed by atoms with Crippen molar-refractivity contribution in [3.63, 3.8) is 0 Å². The van der Waals surface area contributed by atoms with E-state index in [9.17, 15) is 5.11 Å². The van der Waals surface area contributed by atoms with Gasteiger partial charge in [-0.3, -0.25) is 4.99 Å². The van der Waals surface area contributed by atoms with Gasteiger partial charge in [0.25, 0.3) is 0 Å². The summed E-state index contributed by atoms with van der Waals surface area (Å²) in [6.45, 7) is 1.93. The Bertz CT molecular complexity index is 340. The fourth-order valence-corrected chi connectivity index (χ4v) is 0.920. The first-order valence-electron chi connectivity index (χ1n) is 4.13. The number of rotatable bonds is 2. The molecule has 13 heavy (non-hydrogen) atoms. The second kappa shape index (κ2) is 4.45. The summed E-state index contributed by atoms with van der Waals surface area (Å²) in [6.07, 6.45) is 3.83. The first-order chi connectivity index (χ1) is 6.22. The monoisotopic (exact) mass is 175 g/mol. The van der Waals surface area contributed by atoms with Crippen LogP contribution in [0.25, 0.3) is 6.08 Å². The van der Waals surface area contributed by atoms with Gasteiger partial charge in [0.2, 0.25) is 0 Å². The van der Waals surface area contributed by atoms with Crippen LogP contribution in [-0.2, 0) is 0 Å². The van der Waals surface area contributed by atoms with Crippen molar-refractivity contribution in [1.29, 1.82) is 0 Å². The largest absolute Gasteiger partial charge is 0.508 e. The molecule has 2 nitrogen and oxygen atoms in total. The number of aliphatic imine (C=N–C) groups is 1. The number of aromatic hydroxyl groups is 1. The van der Waals surface area contributed by atoms with Crippen molar-refractivity contribution < 1.29 is 5.11 Å². The molecule has 0 fully saturated rings. The molecule has 0 amide bonds. The first-order valence-corrected chi connectivity index (χ1v) is 4.13. The summed E-state index contributed by atoms with van der Waals surface area (Å²) in [5.74, 6) is 0.285. The number of phenols is 1. The van der Waals surface area contributed by atoms with Crippen molar-refractivity contribution in [1.82, 2.24) is 0 Å². The van der Waals surface area contributed by atoms with Gasteiger partial charge >= 0.3 is 0 Å². The fraction of sp³-hybridized carbons (Fsp3) is 0.182. The van der Waals surface area contributed by atoms with Crippen molar-refractivity contribution in [3.05, 3.63) is 35.9 Å². The molecule has 1 aromatic carbocycles. The summed E-state index contributed by atoms with van der Waals surface area (Å²) < 4.78 is 0. The minimum absolute atomic E-state index is 0.285. The Hall–Kier alpha value is -1.57. The van der Waals surface area contributed by atoms with Crippen molar-refractivity contribution in [2.24, 2.45) is 4.99 Å². The lowest BCUT2D eigenvalue weighted by Crippen LogP contribution is -1.81. The van der Waals surface area contributed by atoms with E-state index in [-0.39, 0.29) is 5.75 Å². The van der Waals surface area contributed by atoms with Gasteiger partial charge in [-0.15, -0.1) is 0 Å². The van der Waals surface area contributed by atoms with E-state index >= 15 is 0 Å². The molecular weight excluding hydrogens is 162 g/mol. The van der Waals surface area contributed by atoms with E-state index in [4.69, 9.17) is 0 Å². The zero-order valence-electron chi connectivity index (χ0n) is 7.86. The van der Waals surface area contributed by atoms with Gasteiger partial charge in [0.05, 0.1) is 0 Å². The Kier molecular flexibility index (Phi) is 3.26. The van der Waals surface area contributed by atoms with Crippen LogP contribution in [0.2, 0.25) is 0 Å². The third-order valence-electron chi connectivity index (χ3n) is 1.74. The quantitative estimate of drug-likeness (QED) is 0.688. The Morgan fingerprint density at radius 3 is 2.85 bits per heavy atom. The minimum Gasteiger partial charge on any atom is -0.508 e. The van der Waals surface area contributed by atoms with Crippen LogP contribution in [0.15, 0.2) is 35.3 Å². The summed E-state index contributed by atoms with van der Waals surface area (Å²) in [5, 5.41) is 9.17. The Morgan fingerprint density at radius 1 is 1.46 bits per heavy atom. The standard InChI is InChI=1S/C11H13NO/c1-9(12-2)6-7-10-4-3-5-11(13)8-10/h3-8,13H,1-2H3/b7-6-,12-9?. The average molecular weight is 175 g/mol. The Morgan fingerprint density at radius 2 is 2.23 bits per heavy atom. The number of phenolic OH excluding ortho intramolecular Hbond substituents is 1. The smallest absolute Gasteiger partial charge is 0.116 e. The second-order valence-electron chi connectivity index (χ2n) is 2.79. The molecular formula is C11H13NO. The predicted octanol–water partition coefficient (Wildman–Crippen LogP) is 2.50. The summed E-state index contributed by atoms with van der Waals surface area (Å²) in [5.41, 5.74) is 1.94. The molecule has 2 heteroatoms. The third-order valence-corrected chi connectivity index (χ3v) is 1.74. The molecule has 0 saturated carbocycles. The minimum atomic E-state index is 0.285.